The summed E-state index contributed by atoms with van der Waals surface area (Å²) in [5.41, 5.74) is 2.99. The highest BCUT2D eigenvalue weighted by atomic mass is 16.5. The van der Waals surface area contributed by atoms with Gasteiger partial charge in [0.1, 0.15) is 5.75 Å². The van der Waals surface area contributed by atoms with Crippen LogP contribution >= 0.6 is 0 Å². The summed E-state index contributed by atoms with van der Waals surface area (Å²) in [6.45, 7) is 5.99. The van der Waals surface area contributed by atoms with Crippen LogP contribution in [0, 0.1) is 5.92 Å². The van der Waals surface area contributed by atoms with Gasteiger partial charge in [-0.3, -0.25) is 9.97 Å². The first-order chi connectivity index (χ1) is 16.1. The van der Waals surface area contributed by atoms with Gasteiger partial charge >= 0.3 is 0 Å². The van der Waals surface area contributed by atoms with E-state index in [1.54, 1.807) is 13.2 Å². The van der Waals surface area contributed by atoms with Gasteiger partial charge in [-0.15, -0.1) is 0 Å². The maximum Gasteiger partial charge on any atom is 0.176 e. The molecule has 0 spiro atoms. The quantitative estimate of drug-likeness (QED) is 0.431. The third-order valence-electron chi connectivity index (χ3n) is 6.13. The number of aliphatic hydroxyl groups is 1. The molecule has 2 atom stereocenters. The summed E-state index contributed by atoms with van der Waals surface area (Å²) >= 11 is 0. The number of rotatable bonds is 10. The van der Waals surface area contributed by atoms with E-state index >= 15 is 0 Å². The van der Waals surface area contributed by atoms with Crippen LogP contribution in [0.25, 0.3) is 10.9 Å². The molecule has 3 heterocycles. The topological polar surface area (TPSA) is 100.0 Å². The van der Waals surface area contributed by atoms with E-state index in [9.17, 15) is 10.2 Å². The van der Waals surface area contributed by atoms with Crippen LogP contribution in [0.5, 0.6) is 17.2 Å². The first-order valence-corrected chi connectivity index (χ1v) is 11.4. The standard InChI is InChI=1S/C25H32N4O4/c1-3-33-25-10-19(28-14-23(25)30)13-26-12-18-15-29(16-24(18)31)9-7-17-6-8-27-22-5-4-20(32-2)11-21(17)22/h4-6,8,10-11,14,18,24,26,30-31H,3,7,9,12-13,15-16H2,1-2H3. The van der Waals surface area contributed by atoms with Crippen molar-refractivity contribution in [3.05, 3.63) is 54.0 Å². The van der Waals surface area contributed by atoms with Gasteiger partial charge in [-0.25, -0.2) is 0 Å². The molecule has 3 aromatic rings. The normalized spacial score (nSPS) is 18.6. The lowest BCUT2D eigenvalue weighted by atomic mass is 10.1. The smallest absolute Gasteiger partial charge is 0.176 e. The number of hydrogen-bond acceptors (Lipinski definition) is 8. The number of nitrogens with zero attached hydrogens (tertiary/aromatic N) is 3. The van der Waals surface area contributed by atoms with Crippen molar-refractivity contribution in [2.45, 2.75) is 26.0 Å². The van der Waals surface area contributed by atoms with E-state index in [1.165, 1.54) is 11.8 Å². The maximum atomic E-state index is 10.6. The van der Waals surface area contributed by atoms with Crippen molar-refractivity contribution in [2.75, 3.05) is 39.9 Å². The van der Waals surface area contributed by atoms with Crippen molar-refractivity contribution in [1.82, 2.24) is 20.2 Å². The van der Waals surface area contributed by atoms with E-state index in [2.05, 4.69) is 26.3 Å². The lowest BCUT2D eigenvalue weighted by molar-refractivity contribution is 0.140. The molecule has 0 amide bonds. The number of fused-ring (bicyclic) bond motifs is 1. The Labute approximate surface area is 194 Å². The molecule has 8 heteroatoms. The Morgan fingerprint density at radius 3 is 2.88 bits per heavy atom. The van der Waals surface area contributed by atoms with E-state index in [4.69, 9.17) is 9.47 Å². The minimum atomic E-state index is -0.362. The van der Waals surface area contributed by atoms with Gasteiger partial charge in [-0.05, 0) is 43.2 Å². The fraction of sp³-hybridized carbons (Fsp3) is 0.440. The zero-order chi connectivity index (χ0) is 23.2. The van der Waals surface area contributed by atoms with Gasteiger partial charge in [0.25, 0.3) is 0 Å². The van der Waals surface area contributed by atoms with Crippen LogP contribution in [0.2, 0.25) is 0 Å². The second-order valence-corrected chi connectivity index (χ2v) is 8.40. The van der Waals surface area contributed by atoms with Crippen molar-refractivity contribution in [2.24, 2.45) is 5.92 Å². The first-order valence-electron chi connectivity index (χ1n) is 11.4. The zero-order valence-electron chi connectivity index (χ0n) is 19.2. The summed E-state index contributed by atoms with van der Waals surface area (Å²) in [5.74, 6) is 1.47. The number of β-amino-alcohol motifs (C(OH)–C–C–N with tert-alkyl or cyclic N) is 1. The summed E-state index contributed by atoms with van der Waals surface area (Å²) in [5, 5.41) is 24.9. The van der Waals surface area contributed by atoms with Crippen molar-refractivity contribution >= 4 is 10.9 Å². The summed E-state index contributed by atoms with van der Waals surface area (Å²) in [6, 6.07) is 9.77. The van der Waals surface area contributed by atoms with Crippen LogP contribution in [-0.4, -0.2) is 71.1 Å². The number of methoxy groups -OCH3 is 1. The fourth-order valence-electron chi connectivity index (χ4n) is 4.35. The highest BCUT2D eigenvalue weighted by Crippen LogP contribution is 2.26. The third kappa shape index (κ3) is 5.71. The predicted octanol–water partition coefficient (Wildman–Crippen LogP) is 2.37. The maximum absolute atomic E-state index is 10.6. The number of hydrogen-bond donors (Lipinski definition) is 3. The van der Waals surface area contributed by atoms with Gasteiger partial charge in [0.15, 0.2) is 11.5 Å². The molecular formula is C25H32N4O4. The Morgan fingerprint density at radius 1 is 1.18 bits per heavy atom. The molecule has 0 bridgehead atoms. The molecule has 0 aliphatic carbocycles. The highest BCUT2D eigenvalue weighted by Gasteiger charge is 2.30. The molecule has 3 N–H and O–H groups in total. The highest BCUT2D eigenvalue weighted by molar-refractivity contribution is 5.83. The number of ether oxygens (including phenoxy) is 2. The second-order valence-electron chi connectivity index (χ2n) is 8.40. The predicted molar refractivity (Wildman–Crippen MR) is 127 cm³/mol. The molecule has 4 rings (SSSR count). The molecule has 1 aromatic carbocycles. The van der Waals surface area contributed by atoms with E-state index in [1.807, 2.05) is 31.3 Å². The Balaban J connectivity index is 1.29. The lowest BCUT2D eigenvalue weighted by Gasteiger charge is -2.17. The van der Waals surface area contributed by atoms with Crippen molar-refractivity contribution in [3.8, 4) is 17.2 Å². The minimum Gasteiger partial charge on any atom is -0.503 e. The molecule has 1 saturated heterocycles. The van der Waals surface area contributed by atoms with Crippen LogP contribution in [0.4, 0.5) is 0 Å². The van der Waals surface area contributed by atoms with Gasteiger partial charge in [0.05, 0.1) is 37.2 Å². The molecule has 2 aromatic heterocycles. The number of pyridine rings is 2. The Kier molecular flexibility index (Phi) is 7.59. The Bertz CT molecular complexity index is 1080. The summed E-state index contributed by atoms with van der Waals surface area (Å²) in [7, 11) is 1.67. The molecule has 2 unspecified atom stereocenters. The number of aromatic nitrogens is 2. The molecule has 33 heavy (non-hydrogen) atoms. The Hall–Kier alpha value is -2.94. The van der Waals surface area contributed by atoms with Crippen LogP contribution in [0.3, 0.4) is 0 Å². The van der Waals surface area contributed by atoms with Gasteiger partial charge < -0.3 is 29.9 Å². The molecule has 0 radical (unpaired) electrons. The average molecular weight is 453 g/mol. The molecule has 1 aliphatic heterocycles. The van der Waals surface area contributed by atoms with Gasteiger partial charge in [0, 0.05) is 56.3 Å². The molecule has 1 aliphatic rings. The number of aliphatic hydroxyl groups excluding tert-OH is 1. The first kappa shape index (κ1) is 23.2. The lowest BCUT2D eigenvalue weighted by Crippen LogP contribution is -2.30. The molecule has 1 fully saturated rings. The van der Waals surface area contributed by atoms with Gasteiger partial charge in [-0.2, -0.15) is 0 Å². The zero-order valence-corrected chi connectivity index (χ0v) is 19.2. The molecule has 0 saturated carbocycles. The average Bonchev–Trinajstić information content (AvgIpc) is 3.18. The minimum absolute atomic E-state index is 0.0443. The molecular weight excluding hydrogens is 420 g/mol. The van der Waals surface area contributed by atoms with Crippen LogP contribution < -0.4 is 14.8 Å². The Morgan fingerprint density at radius 2 is 2.06 bits per heavy atom. The largest absolute Gasteiger partial charge is 0.503 e. The number of likely N-dealkylation sites (tertiary alicyclic amines) is 1. The SMILES string of the molecule is CCOc1cc(CNCC2CN(CCc3ccnc4ccc(OC)cc34)CC2O)ncc1O. The van der Waals surface area contributed by atoms with E-state index in [0.29, 0.717) is 32.0 Å². The number of nitrogens with one attached hydrogen (secondary N) is 1. The monoisotopic (exact) mass is 452 g/mol. The second kappa shape index (κ2) is 10.8. The van der Waals surface area contributed by atoms with Crippen LogP contribution in [0.15, 0.2) is 42.7 Å². The van der Waals surface area contributed by atoms with E-state index in [0.717, 1.165) is 41.9 Å². The summed E-state index contributed by atoms with van der Waals surface area (Å²) in [4.78, 5) is 11.0. The van der Waals surface area contributed by atoms with Crippen molar-refractivity contribution in [3.63, 3.8) is 0 Å². The van der Waals surface area contributed by atoms with E-state index < -0.39 is 0 Å². The molecule has 176 valence electrons. The van der Waals surface area contributed by atoms with Crippen LogP contribution in [0.1, 0.15) is 18.2 Å². The fourth-order valence-corrected chi connectivity index (χ4v) is 4.35. The van der Waals surface area contributed by atoms with Crippen molar-refractivity contribution < 1.29 is 19.7 Å². The summed E-state index contributed by atoms with van der Waals surface area (Å²) < 4.78 is 10.8. The van der Waals surface area contributed by atoms with E-state index in [-0.39, 0.29) is 17.8 Å². The number of benzene rings is 1. The van der Waals surface area contributed by atoms with Gasteiger partial charge in [0.2, 0.25) is 0 Å². The number of aromatic hydroxyl groups is 1. The third-order valence-corrected chi connectivity index (χ3v) is 6.13. The molecule has 8 nitrogen and oxygen atoms in total. The van der Waals surface area contributed by atoms with Crippen molar-refractivity contribution in [1.29, 1.82) is 0 Å². The van der Waals surface area contributed by atoms with Gasteiger partial charge in [-0.1, -0.05) is 0 Å². The summed E-state index contributed by atoms with van der Waals surface area (Å²) in [6.07, 6.45) is 3.78. The van der Waals surface area contributed by atoms with Crippen LogP contribution in [-0.2, 0) is 13.0 Å².